The second-order valence-electron chi connectivity index (χ2n) is 6.35. The number of nitrogens with zero attached hydrogens (tertiary/aromatic N) is 3. The second-order valence-corrected chi connectivity index (χ2v) is 7.42. The highest BCUT2D eigenvalue weighted by atomic mass is 32.2. The summed E-state index contributed by atoms with van der Waals surface area (Å²) in [5, 5.41) is -0.506. The molecule has 2 saturated heterocycles. The van der Waals surface area contributed by atoms with Gasteiger partial charge in [0.25, 0.3) is 0 Å². The van der Waals surface area contributed by atoms with Crippen LogP contribution in [0, 0.1) is 11.6 Å². The van der Waals surface area contributed by atoms with Crippen LogP contribution in [-0.4, -0.2) is 72.0 Å². The highest BCUT2D eigenvalue weighted by Crippen LogP contribution is 2.39. The van der Waals surface area contributed by atoms with Crippen molar-refractivity contribution < 1.29 is 18.4 Å². The van der Waals surface area contributed by atoms with Gasteiger partial charge in [-0.3, -0.25) is 9.59 Å². The number of piperazine rings is 1. The van der Waals surface area contributed by atoms with E-state index in [0.29, 0.717) is 13.1 Å². The number of rotatable bonds is 4. The number of thioether (sulfide) groups is 1. The van der Waals surface area contributed by atoms with Gasteiger partial charge in [0.05, 0.1) is 5.75 Å². The van der Waals surface area contributed by atoms with E-state index in [1.807, 2.05) is 7.05 Å². The number of amides is 2. The second kappa shape index (κ2) is 7.70. The van der Waals surface area contributed by atoms with Crippen LogP contribution in [0.1, 0.15) is 17.4 Å². The molecular formula is C17H21F2N3O2S. The molecule has 0 aliphatic carbocycles. The van der Waals surface area contributed by atoms with Crippen molar-refractivity contribution in [3.63, 3.8) is 0 Å². The minimum atomic E-state index is -0.664. The zero-order valence-electron chi connectivity index (χ0n) is 14.1. The lowest BCUT2D eigenvalue weighted by atomic mass is 10.1. The predicted octanol–water partition coefficient (Wildman–Crippen LogP) is 1.70. The highest BCUT2D eigenvalue weighted by molar-refractivity contribution is 8.00. The molecule has 0 radical (unpaired) electrons. The smallest absolute Gasteiger partial charge is 0.233 e. The quantitative estimate of drug-likeness (QED) is 0.810. The van der Waals surface area contributed by atoms with Gasteiger partial charge in [-0.1, -0.05) is 6.07 Å². The van der Waals surface area contributed by atoms with Crippen molar-refractivity contribution in [2.24, 2.45) is 0 Å². The van der Waals surface area contributed by atoms with Gasteiger partial charge in [-0.2, -0.15) is 0 Å². The van der Waals surface area contributed by atoms with Gasteiger partial charge in [-0.15, -0.1) is 11.8 Å². The molecule has 136 valence electrons. The SMILES string of the molecule is CN1CCN(C(=O)CCN2C(=O)CS[C@@H]2c2ccc(F)cc2F)CC1. The Kier molecular flexibility index (Phi) is 5.58. The summed E-state index contributed by atoms with van der Waals surface area (Å²) in [6.07, 6.45) is 0.218. The molecule has 0 N–H and O–H groups in total. The summed E-state index contributed by atoms with van der Waals surface area (Å²) in [6, 6.07) is 3.39. The molecule has 0 aromatic heterocycles. The largest absolute Gasteiger partial charge is 0.340 e. The first-order chi connectivity index (χ1) is 12.0. The van der Waals surface area contributed by atoms with Crippen molar-refractivity contribution >= 4 is 23.6 Å². The molecule has 3 rings (SSSR count). The molecule has 8 heteroatoms. The van der Waals surface area contributed by atoms with Gasteiger partial charge in [0.1, 0.15) is 17.0 Å². The third-order valence-corrected chi connectivity index (χ3v) is 5.86. The van der Waals surface area contributed by atoms with Gasteiger partial charge in [0.2, 0.25) is 11.8 Å². The van der Waals surface area contributed by atoms with Gasteiger partial charge in [0.15, 0.2) is 0 Å². The predicted molar refractivity (Wildman–Crippen MR) is 92.0 cm³/mol. The number of benzene rings is 1. The normalized spacial score (nSPS) is 21.9. The summed E-state index contributed by atoms with van der Waals surface area (Å²) in [5.74, 6) is -1.18. The van der Waals surface area contributed by atoms with Crippen LogP contribution in [0.15, 0.2) is 18.2 Å². The van der Waals surface area contributed by atoms with Gasteiger partial charge in [-0.05, 0) is 13.1 Å². The molecule has 25 heavy (non-hydrogen) atoms. The van der Waals surface area contributed by atoms with Crippen molar-refractivity contribution in [1.82, 2.24) is 14.7 Å². The van der Waals surface area contributed by atoms with Gasteiger partial charge in [-0.25, -0.2) is 8.78 Å². The molecule has 2 aliphatic rings. The van der Waals surface area contributed by atoms with Crippen molar-refractivity contribution in [3.05, 3.63) is 35.4 Å². The van der Waals surface area contributed by atoms with Crippen LogP contribution in [0.2, 0.25) is 0 Å². The van der Waals surface area contributed by atoms with Crippen LogP contribution in [0.25, 0.3) is 0 Å². The lowest BCUT2D eigenvalue weighted by molar-refractivity contribution is -0.134. The Hall–Kier alpha value is -1.67. The fourth-order valence-electron chi connectivity index (χ4n) is 3.09. The number of carbonyl (C=O) groups excluding carboxylic acids is 2. The van der Waals surface area contributed by atoms with E-state index in [2.05, 4.69) is 4.90 Å². The maximum atomic E-state index is 14.1. The zero-order valence-corrected chi connectivity index (χ0v) is 14.9. The van der Waals surface area contributed by atoms with Crippen LogP contribution >= 0.6 is 11.8 Å². The first-order valence-electron chi connectivity index (χ1n) is 8.28. The van der Waals surface area contributed by atoms with E-state index >= 15 is 0 Å². The van der Waals surface area contributed by atoms with E-state index in [0.717, 1.165) is 19.2 Å². The van der Waals surface area contributed by atoms with Crippen LogP contribution < -0.4 is 0 Å². The molecule has 2 fully saturated rings. The summed E-state index contributed by atoms with van der Waals surface area (Å²) in [4.78, 5) is 30.0. The van der Waals surface area contributed by atoms with Gasteiger partial charge < -0.3 is 14.7 Å². The van der Waals surface area contributed by atoms with Crippen molar-refractivity contribution in [1.29, 1.82) is 0 Å². The van der Waals surface area contributed by atoms with Gasteiger partial charge in [0, 0.05) is 50.8 Å². The van der Waals surface area contributed by atoms with Gasteiger partial charge >= 0.3 is 0 Å². The summed E-state index contributed by atoms with van der Waals surface area (Å²) in [5.41, 5.74) is 0.282. The van der Waals surface area contributed by atoms with E-state index < -0.39 is 17.0 Å². The molecule has 2 amide bonds. The van der Waals surface area contributed by atoms with E-state index in [9.17, 15) is 18.4 Å². The molecule has 0 bridgehead atoms. The third-order valence-electron chi connectivity index (χ3n) is 4.62. The molecule has 1 aromatic rings. The minimum absolute atomic E-state index is 0.0103. The van der Waals surface area contributed by atoms with E-state index in [1.54, 1.807) is 4.90 Å². The summed E-state index contributed by atoms with van der Waals surface area (Å²) >= 11 is 1.30. The van der Waals surface area contributed by atoms with E-state index in [-0.39, 0.29) is 36.1 Å². The molecule has 2 aliphatic heterocycles. The van der Waals surface area contributed by atoms with Crippen LogP contribution in [0.4, 0.5) is 8.78 Å². The first kappa shape index (κ1) is 18.1. The number of likely N-dealkylation sites (N-methyl/N-ethyl adjacent to an activating group) is 1. The van der Waals surface area contributed by atoms with Crippen LogP contribution in [-0.2, 0) is 9.59 Å². The molecule has 1 atom stereocenters. The minimum Gasteiger partial charge on any atom is -0.340 e. The van der Waals surface area contributed by atoms with E-state index in [1.165, 1.54) is 28.8 Å². The molecule has 0 spiro atoms. The van der Waals surface area contributed by atoms with Crippen molar-refractivity contribution in [3.8, 4) is 0 Å². The average Bonchev–Trinajstić information content (AvgIpc) is 2.94. The fraction of sp³-hybridized carbons (Fsp3) is 0.529. The number of hydrogen-bond donors (Lipinski definition) is 0. The molecule has 1 aromatic carbocycles. The Balaban J connectivity index is 1.63. The standard InChI is InChI=1S/C17H21F2N3O2S/c1-20-6-8-21(9-7-20)15(23)4-5-22-16(24)11-25-17(22)13-3-2-12(18)10-14(13)19/h2-3,10,17H,4-9,11H2,1H3/t17-/m1/s1. The van der Waals surface area contributed by atoms with Crippen LogP contribution in [0.3, 0.4) is 0 Å². The number of carbonyl (C=O) groups is 2. The molecular weight excluding hydrogens is 348 g/mol. The Bertz CT molecular complexity index is 665. The fourth-order valence-corrected chi connectivity index (χ4v) is 4.33. The average molecular weight is 369 g/mol. The molecule has 0 saturated carbocycles. The highest BCUT2D eigenvalue weighted by Gasteiger charge is 2.35. The maximum absolute atomic E-state index is 14.1. The zero-order chi connectivity index (χ0) is 18.0. The van der Waals surface area contributed by atoms with Crippen molar-refractivity contribution in [2.75, 3.05) is 45.5 Å². The Morgan fingerprint density at radius 3 is 2.64 bits per heavy atom. The lowest BCUT2D eigenvalue weighted by Gasteiger charge is -2.33. The van der Waals surface area contributed by atoms with Crippen molar-refractivity contribution in [2.45, 2.75) is 11.8 Å². The Labute approximate surface area is 149 Å². The summed E-state index contributed by atoms with van der Waals surface area (Å²) in [7, 11) is 2.02. The topological polar surface area (TPSA) is 43.9 Å². The number of hydrogen-bond acceptors (Lipinski definition) is 4. The third kappa shape index (κ3) is 4.12. The monoisotopic (exact) mass is 369 g/mol. The molecule has 2 heterocycles. The van der Waals surface area contributed by atoms with Crippen LogP contribution in [0.5, 0.6) is 0 Å². The Morgan fingerprint density at radius 2 is 1.96 bits per heavy atom. The lowest BCUT2D eigenvalue weighted by Crippen LogP contribution is -2.47. The summed E-state index contributed by atoms with van der Waals surface area (Å²) in [6.45, 7) is 3.31. The Morgan fingerprint density at radius 1 is 1.24 bits per heavy atom. The molecule has 0 unspecified atom stereocenters. The number of halogens is 2. The maximum Gasteiger partial charge on any atom is 0.233 e. The first-order valence-corrected chi connectivity index (χ1v) is 9.33. The molecule has 5 nitrogen and oxygen atoms in total. The summed E-state index contributed by atoms with van der Waals surface area (Å²) < 4.78 is 27.2. The van der Waals surface area contributed by atoms with E-state index in [4.69, 9.17) is 0 Å².